The molecule has 3 aromatic rings. The van der Waals surface area contributed by atoms with Crippen molar-refractivity contribution in [1.29, 1.82) is 0 Å². The van der Waals surface area contributed by atoms with Gasteiger partial charge in [-0.15, -0.1) is 0 Å². The second kappa shape index (κ2) is 8.37. The number of fused-ring (bicyclic) bond motifs is 1. The summed E-state index contributed by atoms with van der Waals surface area (Å²) in [6.07, 6.45) is -0.673. The third-order valence-electron chi connectivity index (χ3n) is 4.92. The lowest BCUT2D eigenvalue weighted by Crippen LogP contribution is -2.27. The fourth-order valence-electron chi connectivity index (χ4n) is 3.62. The number of ether oxygens (including phenoxy) is 1. The first-order valence-corrected chi connectivity index (χ1v) is 10.4. The number of nitrogens with zero attached hydrogens (tertiary/aromatic N) is 2. The smallest absolute Gasteiger partial charge is 0.163 e. The Bertz CT molecular complexity index is 1080. The molecule has 1 atom stereocenters. The molecule has 0 aliphatic carbocycles. The molecule has 0 fully saturated rings. The average molecular weight is 425 g/mol. The molecular formula is C25H29ClN2O2. The fourth-order valence-corrected chi connectivity index (χ4v) is 3.75. The van der Waals surface area contributed by atoms with E-state index in [9.17, 15) is 4.79 Å². The van der Waals surface area contributed by atoms with Crippen LogP contribution in [0, 0.1) is 6.92 Å². The zero-order valence-corrected chi connectivity index (χ0v) is 19.5. The highest BCUT2D eigenvalue weighted by Crippen LogP contribution is 2.41. The number of pyridine rings is 1. The van der Waals surface area contributed by atoms with Crippen molar-refractivity contribution in [2.75, 3.05) is 19.0 Å². The Balaban J connectivity index is 2.39. The number of Topliss-reactive ketones (excluding diaryl/α,β-unsaturated/α-hetero) is 1. The van der Waals surface area contributed by atoms with E-state index in [-0.39, 0.29) is 5.78 Å². The van der Waals surface area contributed by atoms with E-state index in [0.29, 0.717) is 5.02 Å². The van der Waals surface area contributed by atoms with E-state index in [1.807, 2.05) is 83.1 Å². The Kier molecular flexibility index (Phi) is 6.21. The normalized spacial score (nSPS) is 12.8. The van der Waals surface area contributed by atoms with Crippen LogP contribution in [0.3, 0.4) is 0 Å². The van der Waals surface area contributed by atoms with Gasteiger partial charge < -0.3 is 9.64 Å². The summed E-state index contributed by atoms with van der Waals surface area (Å²) in [6, 6.07) is 13.8. The van der Waals surface area contributed by atoms with Crippen LogP contribution in [0.2, 0.25) is 5.02 Å². The number of anilines is 1. The summed E-state index contributed by atoms with van der Waals surface area (Å²) in [5.41, 5.74) is 4.20. The summed E-state index contributed by atoms with van der Waals surface area (Å²) in [5.74, 6) is 0.853. The van der Waals surface area contributed by atoms with Crippen LogP contribution < -0.4 is 4.90 Å². The standard InChI is InChI=1S/C25H29ClN2O2/c1-15-14-20-19(12-13-21(27-20)28(6)7)23(17-8-10-18(26)11-9-17)22(15)24(16(2)29)30-25(3,4)5/h8-14,24H,1-7H3/t24-/m1/s1. The Hall–Kier alpha value is -2.43. The van der Waals surface area contributed by atoms with Gasteiger partial charge in [-0.2, -0.15) is 0 Å². The maximum absolute atomic E-state index is 12.7. The van der Waals surface area contributed by atoms with E-state index in [4.69, 9.17) is 21.3 Å². The lowest BCUT2D eigenvalue weighted by Gasteiger charge is -2.29. The first-order chi connectivity index (χ1) is 14.0. The van der Waals surface area contributed by atoms with Gasteiger partial charge in [0.05, 0.1) is 11.1 Å². The second-order valence-corrected chi connectivity index (χ2v) is 9.28. The maximum atomic E-state index is 12.7. The van der Waals surface area contributed by atoms with Crippen LogP contribution in [0.5, 0.6) is 0 Å². The topological polar surface area (TPSA) is 42.4 Å². The first-order valence-electron chi connectivity index (χ1n) is 10.0. The van der Waals surface area contributed by atoms with Gasteiger partial charge in [-0.3, -0.25) is 4.79 Å². The molecule has 0 radical (unpaired) electrons. The van der Waals surface area contributed by atoms with Gasteiger partial charge in [0, 0.05) is 24.5 Å². The van der Waals surface area contributed by atoms with Gasteiger partial charge in [0.25, 0.3) is 0 Å². The minimum atomic E-state index is -0.673. The van der Waals surface area contributed by atoms with E-state index in [0.717, 1.165) is 39.0 Å². The molecule has 158 valence electrons. The number of aromatic nitrogens is 1. The highest BCUT2D eigenvalue weighted by Gasteiger charge is 2.29. The van der Waals surface area contributed by atoms with Gasteiger partial charge in [-0.1, -0.05) is 23.7 Å². The van der Waals surface area contributed by atoms with Crippen molar-refractivity contribution in [2.24, 2.45) is 0 Å². The Labute approximate surface area is 183 Å². The molecule has 0 saturated heterocycles. The van der Waals surface area contributed by atoms with Crippen molar-refractivity contribution < 1.29 is 9.53 Å². The van der Waals surface area contributed by atoms with E-state index in [1.54, 1.807) is 6.92 Å². The molecule has 1 aromatic heterocycles. The second-order valence-electron chi connectivity index (χ2n) is 8.84. The lowest BCUT2D eigenvalue weighted by molar-refractivity contribution is -0.138. The van der Waals surface area contributed by atoms with Crippen molar-refractivity contribution in [3.05, 3.63) is 58.6 Å². The van der Waals surface area contributed by atoms with Crippen LogP contribution in [0.25, 0.3) is 22.0 Å². The molecule has 0 aliphatic rings. The van der Waals surface area contributed by atoms with Gasteiger partial charge in [-0.05, 0) is 87.2 Å². The van der Waals surface area contributed by atoms with Crippen molar-refractivity contribution in [2.45, 2.75) is 46.3 Å². The lowest BCUT2D eigenvalue weighted by atomic mass is 9.87. The van der Waals surface area contributed by atoms with Gasteiger partial charge in [0.15, 0.2) is 5.78 Å². The molecule has 30 heavy (non-hydrogen) atoms. The Morgan fingerprint density at radius 2 is 1.73 bits per heavy atom. The molecule has 5 heteroatoms. The van der Waals surface area contributed by atoms with Crippen LogP contribution in [-0.4, -0.2) is 30.5 Å². The summed E-state index contributed by atoms with van der Waals surface area (Å²) in [5, 5.41) is 1.65. The number of rotatable bonds is 5. The number of carbonyl (C=O) groups is 1. The number of ketones is 1. The van der Waals surface area contributed by atoms with E-state index in [2.05, 4.69) is 6.07 Å². The molecule has 0 N–H and O–H groups in total. The molecule has 2 aromatic carbocycles. The minimum absolute atomic E-state index is 0.0274. The summed E-state index contributed by atoms with van der Waals surface area (Å²) in [7, 11) is 3.94. The fraction of sp³-hybridized carbons (Fsp3) is 0.360. The molecule has 0 unspecified atom stereocenters. The third-order valence-corrected chi connectivity index (χ3v) is 5.17. The minimum Gasteiger partial charge on any atom is -0.363 e. The third kappa shape index (κ3) is 4.66. The summed E-state index contributed by atoms with van der Waals surface area (Å²) >= 11 is 6.15. The van der Waals surface area contributed by atoms with Gasteiger partial charge in [-0.25, -0.2) is 4.98 Å². The van der Waals surface area contributed by atoms with Crippen molar-refractivity contribution >= 4 is 34.1 Å². The van der Waals surface area contributed by atoms with Crippen LogP contribution in [0.15, 0.2) is 42.5 Å². The maximum Gasteiger partial charge on any atom is 0.163 e. The van der Waals surface area contributed by atoms with Gasteiger partial charge in [0.1, 0.15) is 11.9 Å². The largest absolute Gasteiger partial charge is 0.363 e. The van der Waals surface area contributed by atoms with Crippen LogP contribution in [0.4, 0.5) is 5.82 Å². The highest BCUT2D eigenvalue weighted by atomic mass is 35.5. The van der Waals surface area contributed by atoms with Crippen LogP contribution in [0.1, 0.15) is 44.9 Å². The van der Waals surface area contributed by atoms with Crippen LogP contribution >= 0.6 is 11.6 Å². The molecule has 0 bridgehead atoms. The van der Waals surface area contributed by atoms with Crippen molar-refractivity contribution in [3.8, 4) is 11.1 Å². The monoisotopic (exact) mass is 424 g/mol. The Morgan fingerprint density at radius 3 is 2.27 bits per heavy atom. The number of aryl methyl sites for hydroxylation is 1. The number of halogens is 1. The molecule has 3 rings (SSSR count). The summed E-state index contributed by atoms with van der Waals surface area (Å²) in [4.78, 5) is 19.5. The molecule has 1 heterocycles. The van der Waals surface area contributed by atoms with Gasteiger partial charge >= 0.3 is 0 Å². The molecule has 0 amide bonds. The molecular weight excluding hydrogens is 396 g/mol. The van der Waals surface area contributed by atoms with E-state index >= 15 is 0 Å². The van der Waals surface area contributed by atoms with Crippen molar-refractivity contribution in [1.82, 2.24) is 4.98 Å². The number of hydrogen-bond donors (Lipinski definition) is 0. The van der Waals surface area contributed by atoms with E-state index in [1.165, 1.54) is 0 Å². The number of hydrogen-bond acceptors (Lipinski definition) is 4. The molecule has 4 nitrogen and oxygen atoms in total. The molecule has 0 saturated carbocycles. The zero-order chi connectivity index (χ0) is 22.2. The predicted octanol–water partition coefficient (Wildman–Crippen LogP) is 6.37. The Morgan fingerprint density at radius 1 is 1.10 bits per heavy atom. The van der Waals surface area contributed by atoms with Gasteiger partial charge in [0.2, 0.25) is 0 Å². The molecule has 0 aliphatic heterocycles. The summed E-state index contributed by atoms with van der Waals surface area (Å²) < 4.78 is 6.26. The van der Waals surface area contributed by atoms with Crippen molar-refractivity contribution in [3.63, 3.8) is 0 Å². The number of carbonyl (C=O) groups excluding carboxylic acids is 1. The predicted molar refractivity (Wildman–Crippen MR) is 126 cm³/mol. The zero-order valence-electron chi connectivity index (χ0n) is 18.7. The number of benzene rings is 2. The quantitative estimate of drug-likeness (QED) is 0.476. The molecule has 0 spiro atoms. The average Bonchev–Trinajstić information content (AvgIpc) is 2.64. The first kappa shape index (κ1) is 22.3. The SMILES string of the molecule is CC(=O)[C@@H](OC(C)(C)C)c1c(C)cc2nc(N(C)C)ccc2c1-c1ccc(Cl)cc1. The van der Waals surface area contributed by atoms with Crippen LogP contribution in [-0.2, 0) is 9.53 Å². The van der Waals surface area contributed by atoms with E-state index < -0.39 is 11.7 Å². The summed E-state index contributed by atoms with van der Waals surface area (Å²) in [6.45, 7) is 9.49. The highest BCUT2D eigenvalue weighted by molar-refractivity contribution is 6.30.